The highest BCUT2D eigenvalue weighted by atomic mass is 32.2. The molecule has 0 saturated carbocycles. The van der Waals surface area contributed by atoms with E-state index in [1.807, 2.05) is 0 Å². The molecule has 1 heterocycles. The molecule has 0 bridgehead atoms. The molecule has 0 atom stereocenters. The minimum Gasteiger partial charge on any atom is -0.350 e. The van der Waals surface area contributed by atoms with E-state index in [1.54, 1.807) is 12.1 Å². The van der Waals surface area contributed by atoms with Crippen LogP contribution >= 0.6 is 0 Å². The Hall–Kier alpha value is -2.92. The van der Waals surface area contributed by atoms with Gasteiger partial charge in [-0.3, -0.25) is 9.59 Å². The summed E-state index contributed by atoms with van der Waals surface area (Å²) in [7, 11) is -3.53. The zero-order valence-electron chi connectivity index (χ0n) is 17.7. The molecule has 1 fully saturated rings. The highest BCUT2D eigenvalue weighted by Gasteiger charge is 2.30. The lowest BCUT2D eigenvalue weighted by molar-refractivity contribution is -0.137. The van der Waals surface area contributed by atoms with Crippen LogP contribution in [0.4, 0.5) is 13.2 Å². The Morgan fingerprint density at radius 1 is 0.879 bits per heavy atom. The van der Waals surface area contributed by atoms with Crippen LogP contribution in [0, 0.1) is 0 Å². The van der Waals surface area contributed by atoms with Crippen molar-refractivity contribution in [3.63, 3.8) is 0 Å². The maximum atomic E-state index is 12.7. The molecule has 1 saturated heterocycles. The van der Waals surface area contributed by atoms with E-state index in [0.29, 0.717) is 18.7 Å². The van der Waals surface area contributed by atoms with Crippen molar-refractivity contribution in [1.29, 1.82) is 0 Å². The molecule has 33 heavy (non-hydrogen) atoms. The number of hydrogen-bond acceptors (Lipinski definition) is 4. The number of benzene rings is 2. The Labute approximate surface area is 190 Å². The van der Waals surface area contributed by atoms with Gasteiger partial charge in [-0.05, 0) is 54.8 Å². The number of amides is 2. The van der Waals surface area contributed by atoms with Crippen LogP contribution in [0.25, 0.3) is 0 Å². The van der Waals surface area contributed by atoms with Gasteiger partial charge in [-0.1, -0.05) is 18.6 Å². The first-order valence-electron chi connectivity index (χ1n) is 10.4. The third-order valence-corrected chi connectivity index (χ3v) is 7.16. The van der Waals surface area contributed by atoms with Crippen molar-refractivity contribution in [2.24, 2.45) is 0 Å². The Morgan fingerprint density at radius 3 is 2.06 bits per heavy atom. The Kier molecular flexibility index (Phi) is 7.75. The molecular weight excluding hydrogens is 459 g/mol. The number of carbonyl (C=O) groups excluding carboxylic acids is 2. The van der Waals surface area contributed by atoms with Crippen molar-refractivity contribution in [2.45, 2.75) is 36.9 Å². The molecule has 1 aliphatic heterocycles. The Bertz CT molecular complexity index is 1080. The van der Waals surface area contributed by atoms with Gasteiger partial charge in [-0.25, -0.2) is 8.42 Å². The van der Waals surface area contributed by atoms with E-state index >= 15 is 0 Å². The first-order chi connectivity index (χ1) is 15.6. The highest BCUT2D eigenvalue weighted by Crippen LogP contribution is 2.29. The number of carbonyl (C=O) groups is 2. The second-order valence-electron chi connectivity index (χ2n) is 7.64. The predicted molar refractivity (Wildman–Crippen MR) is 115 cm³/mol. The number of nitrogens with one attached hydrogen (secondary N) is 2. The van der Waals surface area contributed by atoms with Gasteiger partial charge in [-0.15, -0.1) is 0 Å². The van der Waals surface area contributed by atoms with Crippen molar-refractivity contribution in [1.82, 2.24) is 14.9 Å². The second-order valence-corrected chi connectivity index (χ2v) is 9.58. The van der Waals surface area contributed by atoms with E-state index in [0.717, 1.165) is 43.5 Å². The van der Waals surface area contributed by atoms with Crippen LogP contribution in [-0.4, -0.2) is 44.2 Å². The summed E-state index contributed by atoms with van der Waals surface area (Å²) in [4.78, 5) is 24.2. The molecule has 0 unspecified atom stereocenters. The molecule has 1 aliphatic rings. The highest BCUT2D eigenvalue weighted by molar-refractivity contribution is 7.89. The number of piperidine rings is 1. The smallest absolute Gasteiger partial charge is 0.350 e. The van der Waals surface area contributed by atoms with E-state index in [4.69, 9.17) is 0 Å². The van der Waals surface area contributed by atoms with Gasteiger partial charge in [0, 0.05) is 25.2 Å². The van der Waals surface area contributed by atoms with Crippen LogP contribution < -0.4 is 10.6 Å². The van der Waals surface area contributed by atoms with Crippen molar-refractivity contribution in [3.05, 3.63) is 65.2 Å². The van der Waals surface area contributed by atoms with Crippen LogP contribution in [0.3, 0.4) is 0 Å². The van der Waals surface area contributed by atoms with Crippen molar-refractivity contribution in [3.8, 4) is 0 Å². The summed E-state index contributed by atoms with van der Waals surface area (Å²) < 4.78 is 64.5. The fourth-order valence-electron chi connectivity index (χ4n) is 3.37. The largest absolute Gasteiger partial charge is 0.416 e. The first kappa shape index (κ1) is 24.7. The molecule has 11 heteroatoms. The van der Waals surface area contributed by atoms with Crippen LogP contribution in [-0.2, 0) is 27.5 Å². The second kappa shape index (κ2) is 10.3. The lowest BCUT2D eigenvalue weighted by Gasteiger charge is -2.25. The topological polar surface area (TPSA) is 95.6 Å². The van der Waals surface area contributed by atoms with Crippen LogP contribution in [0.2, 0.25) is 0 Å². The normalized spacial score (nSPS) is 15.1. The number of nitrogens with zero attached hydrogens (tertiary/aromatic N) is 1. The van der Waals surface area contributed by atoms with Gasteiger partial charge < -0.3 is 10.6 Å². The van der Waals surface area contributed by atoms with Crippen molar-refractivity contribution >= 4 is 21.8 Å². The molecule has 178 valence electrons. The SMILES string of the molecule is O=C(CNC(=O)c1ccc(C(F)(F)F)cc1)NCc1ccc(S(=O)(=O)N2CCCCC2)cc1. The van der Waals surface area contributed by atoms with Gasteiger partial charge in [-0.2, -0.15) is 17.5 Å². The lowest BCUT2D eigenvalue weighted by Crippen LogP contribution is -2.36. The van der Waals surface area contributed by atoms with Crippen LogP contribution in [0.1, 0.15) is 40.7 Å². The number of hydrogen-bond donors (Lipinski definition) is 2. The van der Waals surface area contributed by atoms with Crippen LogP contribution in [0.15, 0.2) is 53.4 Å². The number of sulfonamides is 1. The summed E-state index contributed by atoms with van der Waals surface area (Å²) in [6, 6.07) is 9.88. The minimum atomic E-state index is -4.50. The van der Waals surface area contributed by atoms with E-state index < -0.39 is 33.6 Å². The molecule has 0 spiro atoms. The quantitative estimate of drug-likeness (QED) is 0.633. The molecule has 2 aromatic rings. The van der Waals surface area contributed by atoms with E-state index in [-0.39, 0.29) is 23.5 Å². The first-order valence-corrected chi connectivity index (χ1v) is 11.8. The minimum absolute atomic E-state index is 0.00121. The van der Waals surface area contributed by atoms with Gasteiger partial charge in [0.2, 0.25) is 15.9 Å². The maximum Gasteiger partial charge on any atom is 0.416 e. The monoisotopic (exact) mass is 483 g/mol. The summed E-state index contributed by atoms with van der Waals surface area (Å²) in [6.45, 7) is 0.789. The van der Waals surface area contributed by atoms with Gasteiger partial charge in [0.05, 0.1) is 17.0 Å². The molecule has 2 aromatic carbocycles. The zero-order chi connectivity index (χ0) is 24.1. The lowest BCUT2D eigenvalue weighted by atomic mass is 10.1. The standard InChI is InChI=1S/C22H24F3N3O4S/c23-22(24,25)18-8-6-17(7-9-18)21(30)27-15-20(29)26-14-16-4-10-19(11-5-16)33(31,32)28-12-2-1-3-13-28/h4-11H,1-3,12-15H2,(H,26,29)(H,27,30). The Balaban J connectivity index is 1.47. The van der Waals surface area contributed by atoms with E-state index in [2.05, 4.69) is 10.6 Å². The summed E-state index contributed by atoms with van der Waals surface area (Å²) in [5, 5.41) is 4.94. The van der Waals surface area contributed by atoms with Gasteiger partial charge in [0.1, 0.15) is 0 Å². The summed E-state index contributed by atoms with van der Waals surface area (Å²) in [5.74, 6) is -1.17. The number of alkyl halides is 3. The molecule has 2 amide bonds. The molecule has 0 aromatic heterocycles. The summed E-state index contributed by atoms with van der Waals surface area (Å²) >= 11 is 0. The van der Waals surface area contributed by atoms with Gasteiger partial charge in [0.15, 0.2) is 0 Å². The third kappa shape index (κ3) is 6.55. The average Bonchev–Trinajstić information content (AvgIpc) is 2.81. The fourth-order valence-corrected chi connectivity index (χ4v) is 4.89. The number of rotatable bonds is 7. The van der Waals surface area contributed by atoms with Crippen molar-refractivity contribution in [2.75, 3.05) is 19.6 Å². The summed E-state index contributed by atoms with van der Waals surface area (Å²) in [6.07, 6.45) is -1.78. The van der Waals surface area contributed by atoms with E-state index in [9.17, 15) is 31.2 Å². The fraction of sp³-hybridized carbons (Fsp3) is 0.364. The predicted octanol–water partition coefficient (Wildman–Crippen LogP) is 2.93. The van der Waals surface area contributed by atoms with E-state index in [1.165, 1.54) is 16.4 Å². The molecule has 7 nitrogen and oxygen atoms in total. The zero-order valence-corrected chi connectivity index (χ0v) is 18.5. The average molecular weight is 484 g/mol. The molecular formula is C22H24F3N3O4S. The summed E-state index contributed by atoms with van der Waals surface area (Å²) in [5.41, 5.74) is -0.192. The molecule has 3 rings (SSSR count). The maximum absolute atomic E-state index is 12.7. The van der Waals surface area contributed by atoms with Gasteiger partial charge >= 0.3 is 6.18 Å². The van der Waals surface area contributed by atoms with Gasteiger partial charge in [0.25, 0.3) is 5.91 Å². The van der Waals surface area contributed by atoms with Crippen LogP contribution in [0.5, 0.6) is 0 Å². The molecule has 0 radical (unpaired) electrons. The molecule has 0 aliphatic carbocycles. The van der Waals surface area contributed by atoms with Crippen molar-refractivity contribution < 1.29 is 31.2 Å². The third-order valence-electron chi connectivity index (χ3n) is 5.25. The number of halogens is 3. The molecule has 2 N–H and O–H groups in total. The Morgan fingerprint density at radius 2 is 1.48 bits per heavy atom.